The summed E-state index contributed by atoms with van der Waals surface area (Å²) < 4.78 is 8.78. The first-order valence-corrected chi connectivity index (χ1v) is 9.73. The van der Waals surface area contributed by atoms with E-state index in [4.69, 9.17) is 27.6 Å². The van der Waals surface area contributed by atoms with Crippen LogP contribution >= 0.6 is 35.1 Å². The number of aromatic nitrogens is 2. The van der Waals surface area contributed by atoms with Gasteiger partial charge in [0.15, 0.2) is 0 Å². The van der Waals surface area contributed by atoms with Crippen molar-refractivity contribution in [3.63, 3.8) is 0 Å². The Morgan fingerprint density at radius 1 is 0.929 bits per heavy atom. The molecule has 2 aromatic carbocycles. The molecule has 4 rings (SSSR count). The lowest BCUT2D eigenvalue weighted by Gasteiger charge is -2.10. The van der Waals surface area contributed by atoms with Crippen LogP contribution in [0, 0.1) is 6.92 Å². The minimum atomic E-state index is -0.719. The molecule has 0 atom stereocenters. The zero-order chi connectivity index (χ0) is 19.8. The highest BCUT2D eigenvalue weighted by Crippen LogP contribution is 2.34. The van der Waals surface area contributed by atoms with E-state index in [1.165, 1.54) is 11.9 Å². The molecular formula is C19H13Cl2N3O3S. The summed E-state index contributed by atoms with van der Waals surface area (Å²) in [5.74, 6) is 1.52. The molecule has 6 nitrogen and oxygen atoms in total. The predicted molar refractivity (Wildman–Crippen MR) is 114 cm³/mol. The van der Waals surface area contributed by atoms with Gasteiger partial charge in [0.2, 0.25) is 0 Å². The molecule has 2 aromatic heterocycles. The fourth-order valence-corrected chi connectivity index (χ4v) is 3.91. The van der Waals surface area contributed by atoms with Crippen molar-refractivity contribution in [1.82, 2.24) is 9.97 Å². The van der Waals surface area contributed by atoms with Crippen molar-refractivity contribution in [2.75, 3.05) is 4.72 Å². The quantitative estimate of drug-likeness (QED) is 0.303. The summed E-state index contributed by atoms with van der Waals surface area (Å²) in [6, 6.07) is 12.6. The molecule has 0 aliphatic heterocycles. The molecule has 9 heteroatoms. The van der Waals surface area contributed by atoms with Gasteiger partial charge in [0.05, 0.1) is 21.1 Å². The molecule has 0 bridgehead atoms. The van der Waals surface area contributed by atoms with Crippen LogP contribution in [0.25, 0.3) is 22.4 Å². The Kier molecular flexibility index (Phi) is 4.97. The van der Waals surface area contributed by atoms with Gasteiger partial charge in [-0.2, -0.15) is 0 Å². The Morgan fingerprint density at radius 3 is 2.29 bits per heavy atom. The number of H-pyrrole nitrogens is 2. The Labute approximate surface area is 173 Å². The van der Waals surface area contributed by atoms with E-state index in [0.717, 1.165) is 17.0 Å². The SMILES string of the molecule is Cc1ccc(-c2ccc(NSc3cc4[nH]c(=O)c(=O)[nH]c4cc3Cl)cc2Cl)o1. The van der Waals surface area contributed by atoms with Crippen molar-refractivity contribution < 1.29 is 4.42 Å². The maximum absolute atomic E-state index is 11.5. The van der Waals surface area contributed by atoms with E-state index < -0.39 is 11.1 Å². The third kappa shape index (κ3) is 3.69. The molecule has 0 spiro atoms. The first kappa shape index (κ1) is 18.7. The molecule has 0 amide bonds. The molecule has 0 saturated heterocycles. The van der Waals surface area contributed by atoms with Gasteiger partial charge in [0.25, 0.3) is 0 Å². The third-order valence-electron chi connectivity index (χ3n) is 4.03. The summed E-state index contributed by atoms with van der Waals surface area (Å²) >= 11 is 13.9. The van der Waals surface area contributed by atoms with Crippen LogP contribution in [0.4, 0.5) is 5.69 Å². The summed E-state index contributed by atoms with van der Waals surface area (Å²) in [5, 5.41) is 0.980. The minimum absolute atomic E-state index is 0.432. The Bertz CT molecular complexity index is 1310. The van der Waals surface area contributed by atoms with E-state index in [1.807, 2.05) is 31.2 Å². The maximum atomic E-state index is 11.5. The molecule has 3 N–H and O–H groups in total. The molecule has 4 aromatic rings. The highest BCUT2D eigenvalue weighted by Gasteiger charge is 2.10. The van der Waals surface area contributed by atoms with Crippen LogP contribution in [-0.2, 0) is 0 Å². The lowest BCUT2D eigenvalue weighted by atomic mass is 10.1. The molecular weight excluding hydrogens is 421 g/mol. The van der Waals surface area contributed by atoms with Gasteiger partial charge >= 0.3 is 11.1 Å². The number of hydrogen-bond donors (Lipinski definition) is 3. The number of anilines is 1. The monoisotopic (exact) mass is 433 g/mol. The Hall–Kier alpha value is -2.61. The van der Waals surface area contributed by atoms with Crippen LogP contribution in [0.5, 0.6) is 0 Å². The second kappa shape index (κ2) is 7.43. The van der Waals surface area contributed by atoms with E-state index >= 15 is 0 Å². The standard InChI is InChI=1S/C19H13Cl2N3O3S/c1-9-2-5-16(27-9)11-4-3-10(6-12(11)20)24-28-17-8-15-14(7-13(17)21)22-18(25)19(26)23-15/h2-8,24H,1H3,(H,22,25)(H,23,26). The van der Waals surface area contributed by atoms with Gasteiger partial charge < -0.3 is 19.1 Å². The maximum Gasteiger partial charge on any atom is 0.314 e. The van der Waals surface area contributed by atoms with Crippen LogP contribution in [0.1, 0.15) is 5.76 Å². The number of rotatable bonds is 4. The molecule has 2 heterocycles. The normalized spacial score (nSPS) is 11.1. The van der Waals surface area contributed by atoms with Crippen molar-refractivity contribution in [3.05, 3.63) is 79.0 Å². The van der Waals surface area contributed by atoms with Gasteiger partial charge in [-0.3, -0.25) is 9.59 Å². The fraction of sp³-hybridized carbons (Fsp3) is 0.0526. The van der Waals surface area contributed by atoms with Crippen molar-refractivity contribution >= 4 is 51.9 Å². The van der Waals surface area contributed by atoms with Gasteiger partial charge in [-0.1, -0.05) is 23.2 Å². The highest BCUT2D eigenvalue weighted by molar-refractivity contribution is 8.00. The molecule has 28 heavy (non-hydrogen) atoms. The zero-order valence-corrected chi connectivity index (χ0v) is 16.8. The Morgan fingerprint density at radius 2 is 1.64 bits per heavy atom. The van der Waals surface area contributed by atoms with Crippen LogP contribution < -0.4 is 15.8 Å². The number of benzene rings is 2. The average Bonchev–Trinajstić information content (AvgIpc) is 3.08. The molecule has 0 radical (unpaired) electrons. The first-order valence-electron chi connectivity index (χ1n) is 8.16. The molecule has 0 saturated carbocycles. The number of aryl methyl sites for hydroxylation is 1. The summed E-state index contributed by atoms with van der Waals surface area (Å²) in [6.07, 6.45) is 0. The van der Waals surface area contributed by atoms with Crippen molar-refractivity contribution in [1.29, 1.82) is 0 Å². The zero-order valence-electron chi connectivity index (χ0n) is 14.4. The second-order valence-electron chi connectivity index (χ2n) is 6.05. The summed E-state index contributed by atoms with van der Waals surface area (Å²) in [5.41, 5.74) is 1.08. The van der Waals surface area contributed by atoms with Gasteiger partial charge in [0, 0.05) is 16.1 Å². The van der Waals surface area contributed by atoms with Crippen LogP contribution in [0.2, 0.25) is 10.0 Å². The number of halogens is 2. The third-order valence-corrected chi connectivity index (χ3v) is 5.66. The molecule has 142 valence electrons. The molecule has 0 aliphatic rings. The predicted octanol–water partition coefficient (Wildman–Crippen LogP) is 5.21. The van der Waals surface area contributed by atoms with E-state index in [9.17, 15) is 9.59 Å². The summed E-state index contributed by atoms with van der Waals surface area (Å²) in [4.78, 5) is 28.6. The largest absolute Gasteiger partial charge is 0.461 e. The second-order valence-corrected chi connectivity index (χ2v) is 7.71. The summed E-state index contributed by atoms with van der Waals surface area (Å²) in [7, 11) is 0. The van der Waals surface area contributed by atoms with Gasteiger partial charge in [-0.15, -0.1) is 0 Å². The lowest BCUT2D eigenvalue weighted by Crippen LogP contribution is -2.28. The number of aromatic amines is 2. The number of furan rings is 1. The molecule has 0 unspecified atom stereocenters. The van der Waals surface area contributed by atoms with E-state index in [-0.39, 0.29) is 0 Å². The average molecular weight is 434 g/mol. The fourth-order valence-electron chi connectivity index (χ4n) is 2.67. The van der Waals surface area contributed by atoms with Crippen LogP contribution in [0.15, 0.2) is 61.4 Å². The van der Waals surface area contributed by atoms with Gasteiger partial charge in [0.1, 0.15) is 11.5 Å². The van der Waals surface area contributed by atoms with Crippen molar-refractivity contribution in [2.45, 2.75) is 11.8 Å². The van der Waals surface area contributed by atoms with E-state index in [2.05, 4.69) is 14.7 Å². The molecule has 0 fully saturated rings. The first-order chi connectivity index (χ1) is 13.4. The minimum Gasteiger partial charge on any atom is -0.461 e. The van der Waals surface area contributed by atoms with Gasteiger partial charge in [-0.05, 0) is 61.3 Å². The number of hydrogen-bond acceptors (Lipinski definition) is 5. The van der Waals surface area contributed by atoms with Crippen LogP contribution in [-0.4, -0.2) is 9.97 Å². The van der Waals surface area contributed by atoms with Gasteiger partial charge in [-0.25, -0.2) is 0 Å². The number of fused-ring (bicyclic) bond motifs is 1. The number of nitrogens with one attached hydrogen (secondary N) is 3. The van der Waals surface area contributed by atoms with E-state index in [1.54, 1.807) is 18.2 Å². The topological polar surface area (TPSA) is 90.9 Å². The Balaban J connectivity index is 1.58. The van der Waals surface area contributed by atoms with Crippen molar-refractivity contribution in [2.24, 2.45) is 0 Å². The smallest absolute Gasteiger partial charge is 0.314 e. The van der Waals surface area contributed by atoms with Crippen LogP contribution in [0.3, 0.4) is 0 Å². The molecule has 0 aliphatic carbocycles. The van der Waals surface area contributed by atoms with E-state index in [0.29, 0.717) is 31.7 Å². The highest BCUT2D eigenvalue weighted by atomic mass is 35.5. The lowest BCUT2D eigenvalue weighted by molar-refractivity contribution is 0.548. The summed E-state index contributed by atoms with van der Waals surface area (Å²) in [6.45, 7) is 1.88. The van der Waals surface area contributed by atoms with Crippen molar-refractivity contribution in [3.8, 4) is 11.3 Å².